The monoisotopic (exact) mass is 371 g/mol. The van der Waals surface area contributed by atoms with Crippen LogP contribution >= 0.6 is 24.0 Å². The zero-order valence-electron chi connectivity index (χ0n) is 12.3. The number of halogens is 5. The van der Waals surface area contributed by atoms with Crippen LogP contribution < -0.4 is 10.6 Å². The van der Waals surface area contributed by atoms with Crippen molar-refractivity contribution in [1.82, 2.24) is 10.2 Å². The first-order valence-electron chi connectivity index (χ1n) is 6.96. The van der Waals surface area contributed by atoms with E-state index in [0.717, 1.165) is 32.1 Å². The van der Waals surface area contributed by atoms with Crippen LogP contribution in [-0.2, 0) is 11.0 Å². The Morgan fingerprint density at radius 2 is 2.04 bits per heavy atom. The highest BCUT2D eigenvalue weighted by Gasteiger charge is 2.34. The molecule has 0 bridgehead atoms. The molecule has 0 unspecified atom stereocenters. The van der Waals surface area contributed by atoms with Gasteiger partial charge in [-0.05, 0) is 31.6 Å². The van der Waals surface area contributed by atoms with Crippen molar-refractivity contribution in [2.75, 3.05) is 38.0 Å². The fourth-order valence-corrected chi connectivity index (χ4v) is 2.55. The Bertz CT molecular complexity index is 532. The predicted octanol–water partition coefficient (Wildman–Crippen LogP) is 3.01. The number of carbonyl (C=O) groups is 1. The molecule has 0 saturated carbocycles. The lowest BCUT2D eigenvalue weighted by molar-refractivity contribution is -0.137. The van der Waals surface area contributed by atoms with Crippen molar-refractivity contribution >= 4 is 35.6 Å². The summed E-state index contributed by atoms with van der Waals surface area (Å²) in [6, 6.07) is 3.43. The van der Waals surface area contributed by atoms with Gasteiger partial charge in [-0.15, -0.1) is 12.4 Å². The summed E-state index contributed by atoms with van der Waals surface area (Å²) in [6.45, 7) is 3.09. The number of anilines is 1. The first-order valence-corrected chi connectivity index (χ1v) is 7.34. The zero-order valence-corrected chi connectivity index (χ0v) is 13.8. The van der Waals surface area contributed by atoms with Gasteiger partial charge >= 0.3 is 6.18 Å². The summed E-state index contributed by atoms with van der Waals surface area (Å²) in [7, 11) is 0. The number of carbonyl (C=O) groups excluding carboxylic acids is 1. The third-order valence-corrected chi connectivity index (χ3v) is 3.70. The Kier molecular flexibility index (Phi) is 7.60. The number of amides is 1. The van der Waals surface area contributed by atoms with E-state index in [0.29, 0.717) is 6.54 Å². The van der Waals surface area contributed by atoms with Crippen molar-refractivity contribution < 1.29 is 18.0 Å². The fourth-order valence-electron chi connectivity index (χ4n) is 2.33. The Morgan fingerprint density at radius 1 is 1.30 bits per heavy atom. The highest BCUT2D eigenvalue weighted by molar-refractivity contribution is 6.34. The molecule has 1 amide bonds. The number of hydrogen-bond acceptors (Lipinski definition) is 3. The number of alkyl halides is 3. The Morgan fingerprint density at radius 3 is 2.74 bits per heavy atom. The van der Waals surface area contributed by atoms with E-state index in [1.165, 1.54) is 12.1 Å². The van der Waals surface area contributed by atoms with Crippen LogP contribution in [0.15, 0.2) is 18.2 Å². The molecule has 1 saturated heterocycles. The highest BCUT2D eigenvalue weighted by atomic mass is 35.5. The normalized spacial score (nSPS) is 16.3. The lowest BCUT2D eigenvalue weighted by Crippen LogP contribution is -2.36. The van der Waals surface area contributed by atoms with Crippen LogP contribution in [0.4, 0.5) is 18.9 Å². The summed E-state index contributed by atoms with van der Waals surface area (Å²) in [5.74, 6) is -0.500. The molecule has 0 aromatic heterocycles. The van der Waals surface area contributed by atoms with Gasteiger partial charge in [0.25, 0.3) is 0 Å². The summed E-state index contributed by atoms with van der Waals surface area (Å²) in [6.07, 6.45) is -3.67. The van der Waals surface area contributed by atoms with Gasteiger partial charge in [0, 0.05) is 13.1 Å². The first-order chi connectivity index (χ1) is 10.4. The summed E-state index contributed by atoms with van der Waals surface area (Å²) in [5, 5.41) is 5.37. The summed E-state index contributed by atoms with van der Waals surface area (Å²) < 4.78 is 38.9. The second-order valence-electron chi connectivity index (χ2n) is 5.09. The Labute approximate surface area is 143 Å². The van der Waals surface area contributed by atoms with E-state index in [2.05, 4.69) is 10.6 Å². The van der Waals surface area contributed by atoms with Crippen molar-refractivity contribution in [2.45, 2.75) is 12.6 Å². The molecule has 1 aliphatic rings. The second kappa shape index (κ2) is 8.73. The number of rotatable bonds is 3. The van der Waals surface area contributed by atoms with Crippen LogP contribution in [0.5, 0.6) is 0 Å². The molecule has 4 nitrogen and oxygen atoms in total. The average Bonchev–Trinajstić information content (AvgIpc) is 2.68. The van der Waals surface area contributed by atoms with E-state index in [9.17, 15) is 18.0 Å². The number of benzene rings is 1. The van der Waals surface area contributed by atoms with E-state index >= 15 is 0 Å². The molecule has 0 spiro atoms. The molecular formula is C14H18Cl2F3N3O. The van der Waals surface area contributed by atoms with Crippen molar-refractivity contribution in [3.8, 4) is 0 Å². The van der Waals surface area contributed by atoms with Crippen molar-refractivity contribution in [1.29, 1.82) is 0 Å². The van der Waals surface area contributed by atoms with Crippen LogP contribution in [0.25, 0.3) is 0 Å². The van der Waals surface area contributed by atoms with Gasteiger partial charge in [0.15, 0.2) is 0 Å². The molecule has 1 aromatic rings. The Hall–Kier alpha value is -1.02. The smallest absolute Gasteiger partial charge is 0.323 e. The van der Waals surface area contributed by atoms with E-state index in [-0.39, 0.29) is 29.7 Å². The van der Waals surface area contributed by atoms with Crippen LogP contribution in [0.3, 0.4) is 0 Å². The Balaban J connectivity index is 0.00000264. The van der Waals surface area contributed by atoms with Gasteiger partial charge in [0.2, 0.25) is 5.91 Å². The number of hydrogen-bond donors (Lipinski definition) is 2. The lowest BCUT2D eigenvalue weighted by Gasteiger charge is -2.20. The SMILES string of the molecule is Cl.O=C(CN1CCCNCC1)Nc1c(Cl)cccc1C(F)(F)F. The van der Waals surface area contributed by atoms with Gasteiger partial charge in [0.05, 0.1) is 22.8 Å². The summed E-state index contributed by atoms with van der Waals surface area (Å²) in [5.41, 5.74) is -1.32. The molecule has 0 atom stereocenters. The van der Waals surface area contributed by atoms with Crippen molar-refractivity contribution in [3.63, 3.8) is 0 Å². The van der Waals surface area contributed by atoms with E-state index in [1.54, 1.807) is 0 Å². The fraction of sp³-hybridized carbons (Fsp3) is 0.500. The molecule has 0 aliphatic carbocycles. The molecule has 2 rings (SSSR count). The second-order valence-corrected chi connectivity index (χ2v) is 5.50. The summed E-state index contributed by atoms with van der Waals surface area (Å²) in [4.78, 5) is 13.9. The van der Waals surface area contributed by atoms with Crippen LogP contribution in [0, 0.1) is 0 Å². The first kappa shape index (κ1) is 20.0. The number of nitrogens with one attached hydrogen (secondary N) is 2. The molecule has 23 heavy (non-hydrogen) atoms. The molecule has 130 valence electrons. The maximum Gasteiger partial charge on any atom is 0.418 e. The van der Waals surface area contributed by atoms with E-state index < -0.39 is 17.6 Å². The van der Waals surface area contributed by atoms with Gasteiger partial charge in [0.1, 0.15) is 0 Å². The molecule has 0 radical (unpaired) electrons. The standard InChI is InChI=1S/C14H17ClF3N3O.ClH/c15-11-4-1-3-10(14(16,17)18)13(11)20-12(22)9-21-7-2-5-19-6-8-21;/h1,3-4,19H,2,5-9H2,(H,20,22);1H. The molecule has 9 heteroatoms. The van der Waals surface area contributed by atoms with Crippen molar-refractivity contribution in [2.24, 2.45) is 0 Å². The minimum atomic E-state index is -4.57. The molecular weight excluding hydrogens is 354 g/mol. The molecule has 1 heterocycles. The van der Waals surface area contributed by atoms with Gasteiger partial charge in [-0.25, -0.2) is 0 Å². The van der Waals surface area contributed by atoms with Gasteiger partial charge < -0.3 is 10.6 Å². The topological polar surface area (TPSA) is 44.4 Å². The highest BCUT2D eigenvalue weighted by Crippen LogP contribution is 2.38. The van der Waals surface area contributed by atoms with Crippen LogP contribution in [0.1, 0.15) is 12.0 Å². The minimum absolute atomic E-state index is 0. The quantitative estimate of drug-likeness (QED) is 0.858. The third-order valence-electron chi connectivity index (χ3n) is 3.38. The van der Waals surface area contributed by atoms with Gasteiger partial charge in [-0.3, -0.25) is 9.69 Å². The largest absolute Gasteiger partial charge is 0.418 e. The number of para-hydroxylation sites is 1. The summed E-state index contributed by atoms with van der Waals surface area (Å²) >= 11 is 5.81. The maximum absolute atomic E-state index is 13.0. The third kappa shape index (κ3) is 5.84. The predicted molar refractivity (Wildman–Crippen MR) is 86.3 cm³/mol. The van der Waals surface area contributed by atoms with Crippen molar-refractivity contribution in [3.05, 3.63) is 28.8 Å². The minimum Gasteiger partial charge on any atom is -0.323 e. The van der Waals surface area contributed by atoms with Gasteiger partial charge in [-0.2, -0.15) is 13.2 Å². The number of nitrogens with zero attached hydrogens (tertiary/aromatic N) is 1. The molecule has 1 aliphatic heterocycles. The van der Waals surface area contributed by atoms with E-state index in [4.69, 9.17) is 11.6 Å². The van der Waals surface area contributed by atoms with Gasteiger partial charge in [-0.1, -0.05) is 17.7 Å². The molecule has 1 aromatic carbocycles. The van der Waals surface area contributed by atoms with E-state index in [1.807, 2.05) is 4.90 Å². The zero-order chi connectivity index (χ0) is 16.2. The molecule has 2 N–H and O–H groups in total. The van der Waals surface area contributed by atoms with Crippen LogP contribution in [0.2, 0.25) is 5.02 Å². The lowest BCUT2D eigenvalue weighted by atomic mass is 10.1. The molecule has 1 fully saturated rings. The maximum atomic E-state index is 13.0. The average molecular weight is 372 g/mol. The van der Waals surface area contributed by atoms with Crippen LogP contribution in [-0.4, -0.2) is 43.5 Å².